The fourth-order valence-corrected chi connectivity index (χ4v) is 1.91. The van der Waals surface area contributed by atoms with Crippen molar-refractivity contribution < 1.29 is 13.2 Å². The first-order valence-corrected chi connectivity index (χ1v) is 6.36. The quantitative estimate of drug-likeness (QED) is 0.833. The fraction of sp³-hybridized carbons (Fsp3) is 0.0909. The van der Waals surface area contributed by atoms with E-state index in [-0.39, 0.29) is 16.7 Å². The largest absolute Gasteiger partial charge is 0.416 e. The maximum absolute atomic E-state index is 12.5. The van der Waals surface area contributed by atoms with Crippen LogP contribution >= 0.6 is 27.5 Å². The number of hydrogen-bond donors (Lipinski definition) is 2. The molecule has 0 fully saturated rings. The van der Waals surface area contributed by atoms with Crippen LogP contribution < -0.4 is 11.1 Å². The zero-order chi connectivity index (χ0) is 14.9. The Hall–Kier alpha value is -1.54. The lowest BCUT2D eigenvalue weighted by molar-refractivity contribution is -0.137. The van der Waals surface area contributed by atoms with E-state index in [1.54, 1.807) is 0 Å². The maximum Gasteiger partial charge on any atom is 0.416 e. The Morgan fingerprint density at radius 1 is 1.30 bits per heavy atom. The summed E-state index contributed by atoms with van der Waals surface area (Å²) < 4.78 is 38.1. The molecule has 4 nitrogen and oxygen atoms in total. The molecule has 0 radical (unpaired) electrons. The van der Waals surface area contributed by atoms with Crippen molar-refractivity contribution in [1.29, 1.82) is 0 Å². The van der Waals surface area contributed by atoms with Crippen LogP contribution in [-0.2, 0) is 6.18 Å². The Kier molecular flexibility index (Phi) is 4.05. The Labute approximate surface area is 125 Å². The van der Waals surface area contributed by atoms with Gasteiger partial charge in [0.2, 0.25) is 5.95 Å². The fourth-order valence-electron chi connectivity index (χ4n) is 1.39. The van der Waals surface area contributed by atoms with Crippen molar-refractivity contribution in [1.82, 2.24) is 9.97 Å². The van der Waals surface area contributed by atoms with Crippen LogP contribution in [0.2, 0.25) is 5.02 Å². The summed E-state index contributed by atoms with van der Waals surface area (Å²) in [5.41, 5.74) is 4.89. The lowest BCUT2D eigenvalue weighted by Crippen LogP contribution is -2.05. The highest BCUT2D eigenvalue weighted by Crippen LogP contribution is 2.35. The van der Waals surface area contributed by atoms with Crippen LogP contribution in [0.4, 0.5) is 30.6 Å². The summed E-state index contributed by atoms with van der Waals surface area (Å²) in [6, 6.07) is 2.98. The first-order valence-electron chi connectivity index (χ1n) is 5.19. The number of nitrogens with zero attached hydrogens (tertiary/aromatic N) is 2. The molecule has 0 aliphatic carbocycles. The molecule has 0 atom stereocenters. The molecular formula is C11H7BrClF3N4. The summed E-state index contributed by atoms with van der Waals surface area (Å²) in [6.07, 6.45) is -3.02. The van der Waals surface area contributed by atoms with Crippen LogP contribution in [0.15, 0.2) is 28.9 Å². The lowest BCUT2D eigenvalue weighted by atomic mass is 10.2. The van der Waals surface area contributed by atoms with Crippen LogP contribution in [0.3, 0.4) is 0 Å². The molecule has 1 aromatic heterocycles. The molecule has 0 aliphatic heterocycles. The molecule has 0 saturated carbocycles. The molecule has 9 heteroatoms. The normalized spacial score (nSPS) is 11.4. The molecule has 1 heterocycles. The number of anilines is 3. The number of halogens is 5. The Bertz CT molecular complexity index is 648. The molecule has 0 amide bonds. The van der Waals surface area contributed by atoms with Gasteiger partial charge in [-0.1, -0.05) is 11.6 Å². The van der Waals surface area contributed by atoms with Crippen molar-refractivity contribution in [3.8, 4) is 0 Å². The van der Waals surface area contributed by atoms with Crippen LogP contribution in [0.1, 0.15) is 5.56 Å². The zero-order valence-electron chi connectivity index (χ0n) is 9.67. The van der Waals surface area contributed by atoms with Gasteiger partial charge >= 0.3 is 6.18 Å². The van der Waals surface area contributed by atoms with Crippen LogP contribution in [-0.4, -0.2) is 9.97 Å². The van der Waals surface area contributed by atoms with Gasteiger partial charge in [-0.25, -0.2) is 4.98 Å². The van der Waals surface area contributed by atoms with E-state index in [1.807, 2.05) is 0 Å². The molecule has 0 aliphatic rings. The zero-order valence-corrected chi connectivity index (χ0v) is 12.0. The second kappa shape index (κ2) is 5.45. The van der Waals surface area contributed by atoms with Crippen LogP contribution in [0.25, 0.3) is 0 Å². The molecule has 2 aromatic rings. The number of nitrogens with one attached hydrogen (secondary N) is 1. The Morgan fingerprint density at radius 3 is 2.60 bits per heavy atom. The van der Waals surface area contributed by atoms with Crippen molar-refractivity contribution >= 4 is 45.0 Å². The van der Waals surface area contributed by atoms with E-state index < -0.39 is 11.7 Å². The lowest BCUT2D eigenvalue weighted by Gasteiger charge is -2.12. The van der Waals surface area contributed by atoms with Gasteiger partial charge in [0, 0.05) is 6.20 Å². The van der Waals surface area contributed by atoms with Gasteiger partial charge in [0.1, 0.15) is 5.82 Å². The first-order chi connectivity index (χ1) is 9.27. The highest BCUT2D eigenvalue weighted by Gasteiger charge is 2.30. The van der Waals surface area contributed by atoms with Gasteiger partial charge in [-0.2, -0.15) is 18.2 Å². The molecule has 106 valence electrons. The number of nitrogens with two attached hydrogens (primary N) is 1. The van der Waals surface area contributed by atoms with Gasteiger partial charge in [0.15, 0.2) is 0 Å². The van der Waals surface area contributed by atoms with Crippen molar-refractivity contribution in [2.75, 3.05) is 11.1 Å². The molecular weight excluding hydrogens is 361 g/mol. The molecule has 0 bridgehead atoms. The molecule has 1 aromatic carbocycles. The van der Waals surface area contributed by atoms with Crippen LogP contribution in [0.5, 0.6) is 0 Å². The summed E-state index contributed by atoms with van der Waals surface area (Å²) in [5, 5.41) is 2.70. The third-order valence-electron chi connectivity index (χ3n) is 2.31. The maximum atomic E-state index is 12.5. The Balaban J connectivity index is 2.33. The molecule has 3 N–H and O–H groups in total. The summed E-state index contributed by atoms with van der Waals surface area (Å²) in [7, 11) is 0. The number of nitrogen functional groups attached to an aromatic ring is 1. The predicted octanol–water partition coefficient (Wildman–Crippen LogP) is 4.24. The average Bonchev–Trinajstić information content (AvgIpc) is 2.35. The topological polar surface area (TPSA) is 63.8 Å². The number of rotatable bonds is 2. The van der Waals surface area contributed by atoms with E-state index in [2.05, 4.69) is 31.2 Å². The van der Waals surface area contributed by atoms with Gasteiger partial charge in [-0.15, -0.1) is 0 Å². The van der Waals surface area contributed by atoms with E-state index in [0.29, 0.717) is 10.3 Å². The van der Waals surface area contributed by atoms with Crippen molar-refractivity contribution in [3.63, 3.8) is 0 Å². The van der Waals surface area contributed by atoms with Gasteiger partial charge in [-0.3, -0.25) is 0 Å². The minimum atomic E-state index is -4.44. The summed E-state index contributed by atoms with van der Waals surface area (Å²) in [5.74, 6) is 0.331. The summed E-state index contributed by atoms with van der Waals surface area (Å²) in [6.45, 7) is 0. The molecule has 2 rings (SSSR count). The molecule has 20 heavy (non-hydrogen) atoms. The standard InChI is InChI=1S/C11H7BrClF3N4/c12-6-4-18-10(17)20-9(6)19-8-2-1-5(3-7(8)13)11(14,15)16/h1-4H,(H3,17,18,19,20). The van der Waals surface area contributed by atoms with E-state index in [9.17, 15) is 13.2 Å². The van der Waals surface area contributed by atoms with Gasteiger partial charge in [0.05, 0.1) is 20.7 Å². The second-order valence-corrected chi connectivity index (χ2v) is 5.00. The monoisotopic (exact) mass is 366 g/mol. The highest BCUT2D eigenvalue weighted by atomic mass is 79.9. The van der Waals surface area contributed by atoms with Crippen molar-refractivity contribution in [2.24, 2.45) is 0 Å². The minimum Gasteiger partial charge on any atom is -0.368 e. The van der Waals surface area contributed by atoms with E-state index in [4.69, 9.17) is 17.3 Å². The van der Waals surface area contributed by atoms with Crippen LogP contribution in [0, 0.1) is 0 Å². The number of hydrogen-bond acceptors (Lipinski definition) is 4. The third kappa shape index (κ3) is 3.31. The number of benzene rings is 1. The third-order valence-corrected chi connectivity index (χ3v) is 3.21. The SMILES string of the molecule is Nc1ncc(Br)c(Nc2ccc(C(F)(F)F)cc2Cl)n1. The van der Waals surface area contributed by atoms with E-state index in [1.165, 1.54) is 12.3 Å². The summed E-state index contributed by atoms with van der Waals surface area (Å²) >= 11 is 9.02. The van der Waals surface area contributed by atoms with Crippen molar-refractivity contribution in [2.45, 2.75) is 6.18 Å². The smallest absolute Gasteiger partial charge is 0.368 e. The summed E-state index contributed by atoms with van der Waals surface area (Å²) in [4.78, 5) is 7.66. The second-order valence-electron chi connectivity index (χ2n) is 3.74. The van der Waals surface area contributed by atoms with Gasteiger partial charge < -0.3 is 11.1 Å². The Morgan fingerprint density at radius 2 is 2.00 bits per heavy atom. The predicted molar refractivity (Wildman–Crippen MR) is 73.9 cm³/mol. The van der Waals surface area contributed by atoms with Gasteiger partial charge in [-0.05, 0) is 34.1 Å². The minimum absolute atomic E-state index is 0.0266. The van der Waals surface area contributed by atoms with E-state index >= 15 is 0 Å². The number of alkyl halides is 3. The molecule has 0 saturated heterocycles. The molecule has 0 unspecified atom stereocenters. The average molecular weight is 368 g/mol. The highest BCUT2D eigenvalue weighted by molar-refractivity contribution is 9.10. The number of aromatic nitrogens is 2. The first kappa shape index (κ1) is 14.9. The van der Waals surface area contributed by atoms with E-state index in [0.717, 1.165) is 12.1 Å². The van der Waals surface area contributed by atoms with Crippen molar-refractivity contribution in [3.05, 3.63) is 39.5 Å². The van der Waals surface area contributed by atoms with Gasteiger partial charge in [0.25, 0.3) is 0 Å². The molecule has 0 spiro atoms.